The Morgan fingerprint density at radius 3 is 2.79 bits per heavy atom. The Hall–Kier alpha value is -1.75. The lowest BCUT2D eigenvalue weighted by Gasteiger charge is -2.06. The number of halogens is 1. The Morgan fingerprint density at radius 1 is 1.64 bits per heavy atom. The summed E-state index contributed by atoms with van der Waals surface area (Å²) in [6.07, 6.45) is 1.32. The van der Waals surface area contributed by atoms with Crippen molar-refractivity contribution in [3.05, 3.63) is 52.3 Å². The molecule has 2 N–H and O–H groups in total. The third-order valence-corrected chi connectivity index (χ3v) is 1.80. The van der Waals surface area contributed by atoms with E-state index < -0.39 is 16.8 Å². The van der Waals surface area contributed by atoms with Gasteiger partial charge in [-0.3, -0.25) is 10.1 Å². The first-order chi connectivity index (χ1) is 6.56. The largest absolute Gasteiger partial charge is 0.321 e. The lowest BCUT2D eigenvalue weighted by molar-refractivity contribution is -0.385. The van der Waals surface area contributed by atoms with Crippen LogP contribution in [-0.2, 0) is 0 Å². The van der Waals surface area contributed by atoms with Crippen LogP contribution in [0.1, 0.15) is 11.6 Å². The topological polar surface area (TPSA) is 69.2 Å². The SMILES string of the molecule is C=C[C@@H](N)c1cc([N+](=O)[O-])ccc1F. The monoisotopic (exact) mass is 196 g/mol. The zero-order valence-corrected chi connectivity index (χ0v) is 7.31. The average molecular weight is 196 g/mol. The van der Waals surface area contributed by atoms with Gasteiger partial charge in [-0.15, -0.1) is 6.58 Å². The van der Waals surface area contributed by atoms with Gasteiger partial charge in [0.1, 0.15) is 5.82 Å². The van der Waals surface area contributed by atoms with Crippen LogP contribution in [0.15, 0.2) is 30.9 Å². The van der Waals surface area contributed by atoms with Crippen LogP contribution in [0.2, 0.25) is 0 Å². The van der Waals surface area contributed by atoms with Crippen LogP contribution in [-0.4, -0.2) is 4.92 Å². The van der Waals surface area contributed by atoms with Crippen LogP contribution in [0.3, 0.4) is 0 Å². The molecule has 5 heteroatoms. The van der Waals surface area contributed by atoms with Gasteiger partial charge in [-0.1, -0.05) is 6.08 Å². The van der Waals surface area contributed by atoms with Gasteiger partial charge < -0.3 is 5.73 Å². The van der Waals surface area contributed by atoms with Gasteiger partial charge in [0.25, 0.3) is 5.69 Å². The van der Waals surface area contributed by atoms with E-state index >= 15 is 0 Å². The number of benzene rings is 1. The summed E-state index contributed by atoms with van der Waals surface area (Å²) >= 11 is 0. The highest BCUT2D eigenvalue weighted by Crippen LogP contribution is 2.21. The van der Waals surface area contributed by atoms with E-state index in [1.54, 1.807) is 0 Å². The molecule has 0 aliphatic heterocycles. The van der Waals surface area contributed by atoms with Crippen molar-refractivity contribution < 1.29 is 9.31 Å². The fourth-order valence-electron chi connectivity index (χ4n) is 1.03. The van der Waals surface area contributed by atoms with Crippen molar-refractivity contribution in [2.45, 2.75) is 6.04 Å². The van der Waals surface area contributed by atoms with Crippen LogP contribution in [0.25, 0.3) is 0 Å². The number of nitrogens with zero attached hydrogens (tertiary/aromatic N) is 1. The quantitative estimate of drug-likeness (QED) is 0.456. The molecule has 0 saturated heterocycles. The molecule has 1 aromatic carbocycles. The summed E-state index contributed by atoms with van der Waals surface area (Å²) in [6, 6.07) is 2.50. The predicted octanol–water partition coefficient (Wildman–Crippen LogP) is 1.92. The summed E-state index contributed by atoms with van der Waals surface area (Å²) in [4.78, 5) is 9.79. The second kappa shape index (κ2) is 3.97. The summed E-state index contributed by atoms with van der Waals surface area (Å²) < 4.78 is 13.1. The van der Waals surface area contributed by atoms with Crippen molar-refractivity contribution in [1.29, 1.82) is 0 Å². The molecule has 0 amide bonds. The molecule has 1 aromatic rings. The molecule has 0 aliphatic rings. The van der Waals surface area contributed by atoms with Crippen molar-refractivity contribution >= 4 is 5.69 Å². The minimum absolute atomic E-state index is 0.0780. The molecule has 0 spiro atoms. The third-order valence-electron chi connectivity index (χ3n) is 1.80. The maximum absolute atomic E-state index is 13.1. The van der Waals surface area contributed by atoms with Gasteiger partial charge in [-0.25, -0.2) is 4.39 Å². The van der Waals surface area contributed by atoms with E-state index in [1.165, 1.54) is 6.08 Å². The molecule has 1 rings (SSSR count). The van der Waals surface area contributed by atoms with E-state index in [1.807, 2.05) is 0 Å². The highest BCUT2D eigenvalue weighted by Gasteiger charge is 2.13. The van der Waals surface area contributed by atoms with Gasteiger partial charge in [-0.05, 0) is 6.07 Å². The minimum atomic E-state index is -0.727. The predicted molar refractivity (Wildman–Crippen MR) is 50.2 cm³/mol. The first-order valence-corrected chi connectivity index (χ1v) is 3.88. The number of nitrogens with two attached hydrogens (primary N) is 1. The van der Waals surface area contributed by atoms with Crippen molar-refractivity contribution in [3.8, 4) is 0 Å². The van der Waals surface area contributed by atoms with Gasteiger partial charge >= 0.3 is 0 Å². The van der Waals surface area contributed by atoms with Gasteiger partial charge in [0.2, 0.25) is 0 Å². The lowest BCUT2D eigenvalue weighted by atomic mass is 10.1. The summed E-state index contributed by atoms with van der Waals surface area (Å²) in [5, 5.41) is 10.4. The van der Waals surface area contributed by atoms with Gasteiger partial charge in [0, 0.05) is 17.7 Å². The maximum atomic E-state index is 13.1. The van der Waals surface area contributed by atoms with Crippen LogP contribution >= 0.6 is 0 Å². The fourth-order valence-corrected chi connectivity index (χ4v) is 1.03. The van der Waals surface area contributed by atoms with E-state index in [0.29, 0.717) is 0 Å². The van der Waals surface area contributed by atoms with E-state index in [0.717, 1.165) is 18.2 Å². The Labute approximate surface area is 80.0 Å². The second-order valence-electron chi connectivity index (χ2n) is 2.72. The van der Waals surface area contributed by atoms with E-state index in [2.05, 4.69) is 6.58 Å². The number of nitro benzene ring substituents is 1. The summed E-state index contributed by atoms with van der Waals surface area (Å²) in [5.74, 6) is -0.567. The zero-order valence-electron chi connectivity index (χ0n) is 7.31. The van der Waals surface area contributed by atoms with E-state index in [-0.39, 0.29) is 11.3 Å². The molecule has 0 radical (unpaired) electrons. The molecule has 74 valence electrons. The summed E-state index contributed by atoms with van der Waals surface area (Å²) in [5.41, 5.74) is 5.38. The molecule has 4 nitrogen and oxygen atoms in total. The Balaban J connectivity index is 3.20. The van der Waals surface area contributed by atoms with Gasteiger partial charge in [0.15, 0.2) is 0 Å². The molecular weight excluding hydrogens is 187 g/mol. The molecule has 0 heterocycles. The number of nitro groups is 1. The number of rotatable bonds is 3. The molecule has 0 fully saturated rings. The summed E-state index contributed by atoms with van der Waals surface area (Å²) in [6.45, 7) is 3.39. The van der Waals surface area contributed by atoms with Crippen molar-refractivity contribution in [2.75, 3.05) is 0 Å². The fraction of sp³-hybridized carbons (Fsp3) is 0.111. The summed E-state index contributed by atoms with van der Waals surface area (Å²) in [7, 11) is 0. The number of hydrogen-bond donors (Lipinski definition) is 1. The number of hydrogen-bond acceptors (Lipinski definition) is 3. The van der Waals surface area contributed by atoms with Crippen LogP contribution in [0.5, 0.6) is 0 Å². The molecule has 0 saturated carbocycles. The highest BCUT2D eigenvalue weighted by molar-refractivity contribution is 5.37. The van der Waals surface area contributed by atoms with Gasteiger partial charge in [0.05, 0.1) is 11.0 Å². The zero-order chi connectivity index (χ0) is 10.7. The first-order valence-electron chi connectivity index (χ1n) is 3.88. The van der Waals surface area contributed by atoms with Crippen LogP contribution in [0.4, 0.5) is 10.1 Å². The molecule has 0 aromatic heterocycles. The van der Waals surface area contributed by atoms with Crippen molar-refractivity contribution in [2.24, 2.45) is 5.73 Å². The Bertz CT molecular complexity index is 379. The molecule has 0 aliphatic carbocycles. The smallest absolute Gasteiger partial charge is 0.269 e. The Morgan fingerprint density at radius 2 is 2.29 bits per heavy atom. The number of non-ortho nitro benzene ring substituents is 1. The second-order valence-corrected chi connectivity index (χ2v) is 2.72. The van der Waals surface area contributed by atoms with E-state index in [9.17, 15) is 14.5 Å². The highest BCUT2D eigenvalue weighted by atomic mass is 19.1. The molecular formula is C9H9FN2O2. The van der Waals surface area contributed by atoms with E-state index in [4.69, 9.17) is 5.73 Å². The van der Waals surface area contributed by atoms with Crippen LogP contribution in [0, 0.1) is 15.9 Å². The molecule has 1 atom stereocenters. The standard InChI is InChI=1S/C9H9FN2O2/c1-2-9(11)7-5-6(12(13)14)3-4-8(7)10/h2-5,9H,1,11H2/t9-/m1/s1. The first kappa shape index (κ1) is 10.3. The average Bonchev–Trinajstić information content (AvgIpc) is 2.17. The molecule has 14 heavy (non-hydrogen) atoms. The van der Waals surface area contributed by atoms with Gasteiger partial charge in [-0.2, -0.15) is 0 Å². The Kier molecular flexibility index (Phi) is 2.93. The molecule has 0 unspecified atom stereocenters. The van der Waals surface area contributed by atoms with Crippen molar-refractivity contribution in [1.82, 2.24) is 0 Å². The maximum Gasteiger partial charge on any atom is 0.269 e. The minimum Gasteiger partial charge on any atom is -0.321 e. The third kappa shape index (κ3) is 1.94. The lowest BCUT2D eigenvalue weighted by Crippen LogP contribution is -2.09. The normalized spacial score (nSPS) is 12.1. The molecule has 0 bridgehead atoms. The van der Waals surface area contributed by atoms with Crippen molar-refractivity contribution in [3.63, 3.8) is 0 Å². The van der Waals surface area contributed by atoms with Crippen LogP contribution < -0.4 is 5.73 Å².